The van der Waals surface area contributed by atoms with Gasteiger partial charge >= 0.3 is 0 Å². The van der Waals surface area contributed by atoms with Crippen molar-refractivity contribution in [3.8, 4) is 11.4 Å². The van der Waals surface area contributed by atoms with E-state index in [-0.39, 0.29) is 24.1 Å². The fourth-order valence-corrected chi connectivity index (χ4v) is 3.81. The molecule has 0 fully saturated rings. The summed E-state index contributed by atoms with van der Waals surface area (Å²) in [4.78, 5) is 26.1. The normalized spacial score (nSPS) is 13.2. The number of amides is 2. The van der Waals surface area contributed by atoms with Crippen molar-refractivity contribution in [1.82, 2.24) is 14.9 Å². The number of nitrogens with two attached hydrogens (primary N) is 1. The third-order valence-electron chi connectivity index (χ3n) is 4.18. The van der Waals surface area contributed by atoms with Crippen molar-refractivity contribution in [3.05, 3.63) is 53.6 Å². The molecule has 1 aliphatic rings. The van der Waals surface area contributed by atoms with Gasteiger partial charge in [-0.05, 0) is 24.3 Å². The number of hydrogen-bond acceptors (Lipinski definition) is 6. The van der Waals surface area contributed by atoms with Crippen LogP contribution in [0.4, 0.5) is 11.4 Å². The number of anilines is 2. The molecule has 3 N–H and O–H groups in total. The molecule has 2 amide bonds. The Morgan fingerprint density at radius 1 is 1.18 bits per heavy atom. The molecule has 3 aromatic rings. The second-order valence-corrected chi connectivity index (χ2v) is 7.34. The third kappa shape index (κ3) is 3.41. The monoisotopic (exact) mass is 414 g/mol. The van der Waals surface area contributed by atoms with Crippen LogP contribution in [0, 0.1) is 0 Å². The van der Waals surface area contributed by atoms with Crippen molar-refractivity contribution in [2.75, 3.05) is 28.4 Å². The van der Waals surface area contributed by atoms with Crippen LogP contribution in [0.25, 0.3) is 11.4 Å². The molecule has 0 atom stereocenters. The Morgan fingerprint density at radius 2 is 1.93 bits per heavy atom. The van der Waals surface area contributed by atoms with E-state index in [1.807, 2.05) is 18.2 Å². The molecule has 0 spiro atoms. The van der Waals surface area contributed by atoms with E-state index in [0.29, 0.717) is 32.9 Å². The lowest BCUT2D eigenvalue weighted by atomic mass is 10.2. The van der Waals surface area contributed by atoms with Gasteiger partial charge in [0, 0.05) is 5.56 Å². The Kier molecular flexibility index (Phi) is 4.93. The molecule has 0 saturated carbocycles. The lowest BCUT2D eigenvalue weighted by Gasteiger charge is -2.28. The fourth-order valence-electron chi connectivity index (χ4n) is 2.86. The summed E-state index contributed by atoms with van der Waals surface area (Å²) in [5.74, 6) is 6.09. The van der Waals surface area contributed by atoms with E-state index in [2.05, 4.69) is 15.5 Å². The SMILES string of the molecule is Nn1c(SCC(=O)N2CC(=O)Nc3ccccc32)nnc1-c1ccccc1Cl. The quantitative estimate of drug-likeness (QED) is 0.501. The van der Waals surface area contributed by atoms with Gasteiger partial charge in [-0.3, -0.25) is 9.59 Å². The van der Waals surface area contributed by atoms with Gasteiger partial charge in [0.15, 0.2) is 5.82 Å². The minimum atomic E-state index is -0.236. The topological polar surface area (TPSA) is 106 Å². The van der Waals surface area contributed by atoms with E-state index in [4.69, 9.17) is 17.4 Å². The van der Waals surface area contributed by atoms with Crippen LogP contribution < -0.4 is 16.1 Å². The number of fused-ring (bicyclic) bond motifs is 1. The predicted molar refractivity (Wildman–Crippen MR) is 109 cm³/mol. The summed E-state index contributed by atoms with van der Waals surface area (Å²) in [5, 5.41) is 11.8. The molecule has 28 heavy (non-hydrogen) atoms. The number of nitrogens with one attached hydrogen (secondary N) is 1. The number of para-hydroxylation sites is 2. The first-order valence-corrected chi connectivity index (χ1v) is 9.68. The maximum absolute atomic E-state index is 12.7. The zero-order valence-electron chi connectivity index (χ0n) is 14.5. The molecule has 2 heterocycles. The molecule has 2 aromatic carbocycles. The van der Waals surface area contributed by atoms with Gasteiger partial charge in [0.2, 0.25) is 17.0 Å². The van der Waals surface area contributed by atoms with Crippen LogP contribution in [-0.2, 0) is 9.59 Å². The van der Waals surface area contributed by atoms with E-state index in [0.717, 1.165) is 11.8 Å². The summed E-state index contributed by atoms with van der Waals surface area (Å²) >= 11 is 7.33. The molecule has 4 rings (SSSR count). The Labute approximate surface area is 169 Å². The van der Waals surface area contributed by atoms with Crippen LogP contribution in [0.5, 0.6) is 0 Å². The molecule has 0 radical (unpaired) electrons. The lowest BCUT2D eigenvalue weighted by Crippen LogP contribution is -2.43. The minimum Gasteiger partial charge on any atom is -0.335 e. The number of aromatic nitrogens is 3. The molecular weight excluding hydrogens is 400 g/mol. The Balaban J connectivity index is 1.51. The van der Waals surface area contributed by atoms with E-state index < -0.39 is 0 Å². The smallest absolute Gasteiger partial charge is 0.244 e. The average molecular weight is 415 g/mol. The number of halogens is 1. The van der Waals surface area contributed by atoms with Crippen LogP contribution in [0.15, 0.2) is 53.7 Å². The number of nitrogens with zero attached hydrogens (tertiary/aromatic N) is 4. The number of thioether (sulfide) groups is 1. The predicted octanol–water partition coefficient (Wildman–Crippen LogP) is 2.39. The standard InChI is InChI=1S/C18H15ClN6O2S/c19-12-6-2-1-5-11(12)17-22-23-18(25(17)20)28-10-16(27)24-9-15(26)21-13-7-3-4-8-14(13)24/h1-8H,9-10,20H2,(H,21,26). The van der Waals surface area contributed by atoms with Crippen LogP contribution in [-0.4, -0.2) is 39.0 Å². The van der Waals surface area contributed by atoms with Crippen LogP contribution >= 0.6 is 23.4 Å². The van der Waals surface area contributed by atoms with Crippen LogP contribution in [0.2, 0.25) is 5.02 Å². The molecule has 10 heteroatoms. The van der Waals surface area contributed by atoms with E-state index in [9.17, 15) is 9.59 Å². The first-order valence-electron chi connectivity index (χ1n) is 8.32. The molecule has 0 unspecified atom stereocenters. The van der Waals surface area contributed by atoms with E-state index >= 15 is 0 Å². The zero-order chi connectivity index (χ0) is 19.7. The summed E-state index contributed by atoms with van der Waals surface area (Å²) in [7, 11) is 0. The minimum absolute atomic E-state index is 0.0312. The Morgan fingerprint density at radius 3 is 2.75 bits per heavy atom. The maximum atomic E-state index is 12.7. The molecule has 1 aromatic heterocycles. The summed E-state index contributed by atoms with van der Waals surface area (Å²) in [6, 6.07) is 14.3. The summed E-state index contributed by atoms with van der Waals surface area (Å²) in [6.45, 7) is -0.0312. The maximum Gasteiger partial charge on any atom is 0.244 e. The Bertz CT molecular complexity index is 1070. The number of carbonyl (C=O) groups excluding carboxylic acids is 2. The van der Waals surface area contributed by atoms with Crippen molar-refractivity contribution in [2.24, 2.45) is 0 Å². The number of benzene rings is 2. The second-order valence-electron chi connectivity index (χ2n) is 5.99. The second kappa shape index (κ2) is 7.53. The number of nitrogen functional groups attached to an aromatic ring is 1. The van der Waals surface area contributed by atoms with Gasteiger partial charge < -0.3 is 16.1 Å². The number of hydrogen-bond donors (Lipinski definition) is 2. The number of rotatable bonds is 4. The van der Waals surface area contributed by atoms with Crippen LogP contribution in [0.3, 0.4) is 0 Å². The highest BCUT2D eigenvalue weighted by Gasteiger charge is 2.27. The summed E-state index contributed by atoms with van der Waals surface area (Å²) in [5.41, 5.74) is 1.93. The lowest BCUT2D eigenvalue weighted by molar-refractivity contribution is -0.120. The van der Waals surface area contributed by atoms with Crippen LogP contribution in [0.1, 0.15) is 0 Å². The summed E-state index contributed by atoms with van der Waals surface area (Å²) in [6.07, 6.45) is 0. The van der Waals surface area contributed by atoms with Crippen molar-refractivity contribution in [3.63, 3.8) is 0 Å². The first-order chi connectivity index (χ1) is 13.5. The van der Waals surface area contributed by atoms with Gasteiger partial charge in [-0.2, -0.15) is 0 Å². The summed E-state index contributed by atoms with van der Waals surface area (Å²) < 4.78 is 1.30. The van der Waals surface area contributed by atoms with Gasteiger partial charge in [-0.25, -0.2) is 4.68 Å². The highest BCUT2D eigenvalue weighted by molar-refractivity contribution is 7.99. The average Bonchev–Trinajstić information content (AvgIpc) is 3.06. The number of carbonyl (C=O) groups is 2. The molecule has 0 saturated heterocycles. The third-order valence-corrected chi connectivity index (χ3v) is 5.43. The van der Waals surface area contributed by atoms with Gasteiger partial charge in [0.05, 0.1) is 22.2 Å². The van der Waals surface area contributed by atoms with Gasteiger partial charge in [0.25, 0.3) is 0 Å². The van der Waals surface area contributed by atoms with Crippen molar-refractivity contribution in [2.45, 2.75) is 5.16 Å². The molecule has 1 aliphatic heterocycles. The van der Waals surface area contributed by atoms with Gasteiger partial charge in [-0.15, -0.1) is 10.2 Å². The highest BCUT2D eigenvalue weighted by Crippen LogP contribution is 2.31. The molecule has 0 aliphatic carbocycles. The Hall–Kier alpha value is -3.04. The molecule has 0 bridgehead atoms. The van der Waals surface area contributed by atoms with Gasteiger partial charge in [-0.1, -0.05) is 47.6 Å². The first kappa shape index (κ1) is 18.3. The van der Waals surface area contributed by atoms with Gasteiger partial charge in [0.1, 0.15) is 6.54 Å². The van der Waals surface area contributed by atoms with Crippen molar-refractivity contribution in [1.29, 1.82) is 0 Å². The highest BCUT2D eigenvalue weighted by atomic mass is 35.5. The molecule has 8 nitrogen and oxygen atoms in total. The molecule has 142 valence electrons. The van der Waals surface area contributed by atoms with E-state index in [1.54, 1.807) is 30.3 Å². The zero-order valence-corrected chi connectivity index (χ0v) is 16.1. The molecular formula is C18H15ClN6O2S. The van der Waals surface area contributed by atoms with E-state index in [1.165, 1.54) is 9.58 Å². The van der Waals surface area contributed by atoms with Crippen molar-refractivity contribution < 1.29 is 9.59 Å². The largest absolute Gasteiger partial charge is 0.335 e. The van der Waals surface area contributed by atoms with Crippen molar-refractivity contribution >= 4 is 46.6 Å². The fraction of sp³-hybridized carbons (Fsp3) is 0.111.